The van der Waals surface area contributed by atoms with Crippen molar-refractivity contribution in [3.8, 4) is 5.75 Å². The van der Waals surface area contributed by atoms with E-state index in [0.717, 1.165) is 42.1 Å². The van der Waals surface area contributed by atoms with Gasteiger partial charge < -0.3 is 25.2 Å². The molecule has 2 aromatic rings. The number of nitrogens with zero attached hydrogens (tertiary/aromatic N) is 3. The number of rotatable bonds is 7. The minimum absolute atomic E-state index is 0.0881. The summed E-state index contributed by atoms with van der Waals surface area (Å²) < 4.78 is 6.38. The summed E-state index contributed by atoms with van der Waals surface area (Å²) in [5.41, 5.74) is 1.69. The lowest BCUT2D eigenvalue weighted by molar-refractivity contribution is -0.145. The fourth-order valence-electron chi connectivity index (χ4n) is 4.46. The number of ether oxygens (including phenoxy) is 1. The van der Waals surface area contributed by atoms with Crippen LogP contribution >= 0.6 is 15.9 Å². The maximum Gasteiger partial charge on any atom is 0.243 e. The van der Waals surface area contributed by atoms with Gasteiger partial charge in [0.1, 0.15) is 11.8 Å². The molecule has 0 radical (unpaired) electrons. The zero-order valence-corrected chi connectivity index (χ0v) is 21.3. The van der Waals surface area contributed by atoms with E-state index >= 15 is 0 Å². The number of hydrogen-bond donors (Lipinski definition) is 2. The van der Waals surface area contributed by atoms with Crippen molar-refractivity contribution < 1.29 is 19.1 Å². The van der Waals surface area contributed by atoms with Gasteiger partial charge in [-0.15, -0.1) is 0 Å². The summed E-state index contributed by atoms with van der Waals surface area (Å²) in [5.74, 6) is 0.0989. The van der Waals surface area contributed by atoms with Crippen LogP contribution in [-0.2, 0) is 14.4 Å². The van der Waals surface area contributed by atoms with Crippen LogP contribution in [0.3, 0.4) is 0 Å². The maximum absolute atomic E-state index is 13.2. The molecule has 2 N–H and O–H groups in total. The molecule has 186 valence electrons. The lowest BCUT2D eigenvalue weighted by Crippen LogP contribution is -2.60. The zero-order chi connectivity index (χ0) is 24.8. The van der Waals surface area contributed by atoms with Gasteiger partial charge in [0.15, 0.2) is 0 Å². The number of benzene rings is 2. The molecule has 3 amide bonds. The molecule has 0 aromatic heterocycles. The van der Waals surface area contributed by atoms with Gasteiger partial charge in [0, 0.05) is 49.4 Å². The number of carbonyl (C=O) groups excluding carboxylic acids is 3. The minimum atomic E-state index is -0.818. The highest BCUT2D eigenvalue weighted by molar-refractivity contribution is 9.10. The Morgan fingerprint density at radius 2 is 1.77 bits per heavy atom. The molecule has 2 aromatic carbocycles. The van der Waals surface area contributed by atoms with Crippen molar-refractivity contribution in [2.45, 2.75) is 12.5 Å². The smallest absolute Gasteiger partial charge is 0.243 e. The number of piperazine rings is 2. The lowest BCUT2D eigenvalue weighted by Gasteiger charge is -2.39. The first-order valence-corrected chi connectivity index (χ1v) is 12.5. The highest BCUT2D eigenvalue weighted by Gasteiger charge is 2.35. The fraction of sp³-hybridized carbons (Fsp3) is 0.400. The monoisotopic (exact) mass is 543 g/mol. The second-order valence-corrected chi connectivity index (χ2v) is 9.50. The van der Waals surface area contributed by atoms with Gasteiger partial charge in [-0.05, 0) is 36.4 Å². The molecular weight excluding hydrogens is 514 g/mol. The third kappa shape index (κ3) is 6.32. The van der Waals surface area contributed by atoms with Crippen molar-refractivity contribution in [1.29, 1.82) is 0 Å². The summed E-state index contributed by atoms with van der Waals surface area (Å²) in [7, 11) is 1.66. The molecule has 2 fully saturated rings. The third-order valence-corrected chi connectivity index (χ3v) is 6.84. The molecule has 0 bridgehead atoms. The maximum atomic E-state index is 13.2. The first kappa shape index (κ1) is 25.0. The van der Waals surface area contributed by atoms with Crippen LogP contribution in [0.5, 0.6) is 5.75 Å². The summed E-state index contributed by atoms with van der Waals surface area (Å²) in [4.78, 5) is 44.3. The molecule has 2 saturated heterocycles. The third-order valence-electron chi connectivity index (χ3n) is 6.31. The van der Waals surface area contributed by atoms with Crippen LogP contribution in [0.1, 0.15) is 6.42 Å². The molecule has 0 spiro atoms. The summed E-state index contributed by atoms with van der Waals surface area (Å²) in [6.45, 7) is 3.98. The Morgan fingerprint density at radius 3 is 2.49 bits per heavy atom. The number of para-hydroxylation sites is 2. The average Bonchev–Trinajstić information content (AvgIpc) is 2.87. The second kappa shape index (κ2) is 11.5. The van der Waals surface area contributed by atoms with E-state index in [4.69, 9.17) is 4.74 Å². The Balaban J connectivity index is 1.33. The van der Waals surface area contributed by atoms with Gasteiger partial charge in [-0.1, -0.05) is 28.1 Å². The first-order chi connectivity index (χ1) is 16.9. The Hall–Kier alpha value is -3.11. The summed E-state index contributed by atoms with van der Waals surface area (Å²) >= 11 is 3.36. The molecule has 2 heterocycles. The fourth-order valence-corrected chi connectivity index (χ4v) is 4.72. The van der Waals surface area contributed by atoms with Crippen molar-refractivity contribution in [3.63, 3.8) is 0 Å². The number of nitrogens with one attached hydrogen (secondary N) is 2. The number of halogens is 1. The predicted molar refractivity (Wildman–Crippen MR) is 138 cm³/mol. The number of carbonyl (C=O) groups is 3. The molecule has 35 heavy (non-hydrogen) atoms. The summed E-state index contributed by atoms with van der Waals surface area (Å²) in [6, 6.07) is 14.3. The molecule has 10 heteroatoms. The predicted octanol–water partition coefficient (Wildman–Crippen LogP) is 1.94. The largest absolute Gasteiger partial charge is 0.495 e. The number of anilines is 2. The van der Waals surface area contributed by atoms with Crippen molar-refractivity contribution in [1.82, 2.24) is 15.1 Å². The normalized spacial score (nSPS) is 18.7. The molecule has 2 aliphatic rings. The summed E-state index contributed by atoms with van der Waals surface area (Å²) in [5, 5.41) is 5.58. The van der Waals surface area contributed by atoms with Crippen LogP contribution in [0.2, 0.25) is 0 Å². The van der Waals surface area contributed by atoms with E-state index in [9.17, 15) is 14.4 Å². The zero-order valence-electron chi connectivity index (χ0n) is 19.7. The van der Waals surface area contributed by atoms with Crippen LogP contribution in [0.4, 0.5) is 11.4 Å². The van der Waals surface area contributed by atoms with E-state index in [1.165, 1.54) is 0 Å². The van der Waals surface area contributed by atoms with Gasteiger partial charge in [-0.25, -0.2) is 0 Å². The van der Waals surface area contributed by atoms with Gasteiger partial charge in [-0.3, -0.25) is 19.3 Å². The Labute approximate surface area is 213 Å². The van der Waals surface area contributed by atoms with Gasteiger partial charge in [-0.2, -0.15) is 0 Å². The highest BCUT2D eigenvalue weighted by atomic mass is 79.9. The topological polar surface area (TPSA) is 94.2 Å². The molecular formula is C25H30BrN5O4. The van der Waals surface area contributed by atoms with Crippen LogP contribution in [0.25, 0.3) is 0 Å². The van der Waals surface area contributed by atoms with Gasteiger partial charge >= 0.3 is 0 Å². The van der Waals surface area contributed by atoms with E-state index in [1.807, 2.05) is 36.4 Å². The molecule has 0 aliphatic carbocycles. The van der Waals surface area contributed by atoms with E-state index in [-0.39, 0.29) is 30.7 Å². The van der Waals surface area contributed by atoms with Crippen LogP contribution in [0, 0.1) is 0 Å². The van der Waals surface area contributed by atoms with Crippen molar-refractivity contribution in [2.75, 3.05) is 63.1 Å². The molecule has 2 aliphatic heterocycles. The molecule has 0 saturated carbocycles. The van der Waals surface area contributed by atoms with Gasteiger partial charge in [0.25, 0.3) is 0 Å². The number of hydrogen-bond acceptors (Lipinski definition) is 6. The van der Waals surface area contributed by atoms with Crippen LogP contribution in [0.15, 0.2) is 53.0 Å². The molecule has 1 atom stereocenters. The standard InChI is InChI=1S/C25H30BrN5O4/c1-35-22-5-3-2-4-20(22)30-14-12-29(13-15-30)17-24(33)31-11-10-27-25(34)21(31)16-23(32)28-19-8-6-18(26)7-9-19/h2-9,21H,10-17H2,1H3,(H,27,34)(H,28,32)/t21-/m1/s1. The second-order valence-electron chi connectivity index (χ2n) is 8.59. The lowest BCUT2D eigenvalue weighted by atomic mass is 10.1. The van der Waals surface area contributed by atoms with E-state index in [2.05, 4.69) is 36.4 Å². The SMILES string of the molecule is COc1ccccc1N1CCN(CC(=O)N2CCNC(=O)[C@H]2CC(=O)Nc2ccc(Br)cc2)CC1. The molecule has 0 unspecified atom stereocenters. The quantitative estimate of drug-likeness (QED) is 0.554. The Morgan fingerprint density at radius 1 is 1.06 bits per heavy atom. The number of methoxy groups -OCH3 is 1. The molecule has 4 rings (SSSR count). The number of amides is 3. The van der Waals surface area contributed by atoms with E-state index < -0.39 is 6.04 Å². The highest BCUT2D eigenvalue weighted by Crippen LogP contribution is 2.28. The van der Waals surface area contributed by atoms with E-state index in [1.54, 1.807) is 24.1 Å². The Bertz CT molecular complexity index is 1060. The van der Waals surface area contributed by atoms with E-state index in [0.29, 0.717) is 18.8 Å². The Kier molecular flexibility index (Phi) is 8.25. The van der Waals surface area contributed by atoms with Crippen molar-refractivity contribution in [3.05, 3.63) is 53.0 Å². The van der Waals surface area contributed by atoms with Gasteiger partial charge in [0.2, 0.25) is 17.7 Å². The van der Waals surface area contributed by atoms with Crippen LogP contribution < -0.4 is 20.3 Å². The van der Waals surface area contributed by atoms with Gasteiger partial charge in [0.05, 0.1) is 25.8 Å². The van der Waals surface area contributed by atoms with Crippen LogP contribution in [-0.4, -0.2) is 86.5 Å². The molecule has 9 nitrogen and oxygen atoms in total. The van der Waals surface area contributed by atoms with Crippen molar-refractivity contribution in [2.24, 2.45) is 0 Å². The van der Waals surface area contributed by atoms with Crippen molar-refractivity contribution >= 4 is 45.0 Å². The average molecular weight is 544 g/mol. The summed E-state index contributed by atoms with van der Waals surface area (Å²) in [6.07, 6.45) is -0.0881. The first-order valence-electron chi connectivity index (χ1n) is 11.7. The minimum Gasteiger partial charge on any atom is -0.495 e.